The Hall–Kier alpha value is -1.00. The summed E-state index contributed by atoms with van der Waals surface area (Å²) in [5, 5.41) is 1.63. The van der Waals surface area contributed by atoms with Crippen molar-refractivity contribution in [3.63, 3.8) is 0 Å². The predicted octanol–water partition coefficient (Wildman–Crippen LogP) is 1.95. The first-order chi connectivity index (χ1) is 9.73. The van der Waals surface area contributed by atoms with Crippen LogP contribution in [0.1, 0.15) is 16.1 Å². The van der Waals surface area contributed by atoms with E-state index in [-0.39, 0.29) is 23.7 Å². The van der Waals surface area contributed by atoms with Gasteiger partial charge in [-0.1, -0.05) is 0 Å². The lowest BCUT2D eigenvalue weighted by molar-refractivity contribution is -0.117. The molecule has 2 heterocycles. The molecule has 2 rings (SSSR count). The lowest BCUT2D eigenvalue weighted by Gasteiger charge is -2.17. The molecule has 1 aliphatic rings. The molecule has 1 aliphatic heterocycles. The van der Waals surface area contributed by atoms with Crippen LogP contribution in [-0.2, 0) is 19.8 Å². The van der Waals surface area contributed by atoms with Crippen molar-refractivity contribution in [1.29, 1.82) is 0 Å². The molecule has 1 amide bonds. The molecule has 10 heteroatoms. The zero-order chi connectivity index (χ0) is 15.8. The highest BCUT2D eigenvalue weighted by Crippen LogP contribution is 2.39. The molecular formula is C11H11BrFNO5S2. The number of ether oxygens (including phenoxy) is 1. The van der Waals surface area contributed by atoms with E-state index in [1.807, 2.05) is 0 Å². The van der Waals surface area contributed by atoms with E-state index in [0.717, 1.165) is 11.3 Å². The summed E-state index contributed by atoms with van der Waals surface area (Å²) in [6.45, 7) is 0.0430. The van der Waals surface area contributed by atoms with Crippen LogP contribution in [0.4, 0.5) is 9.57 Å². The smallest absolute Gasteiger partial charge is 0.350 e. The summed E-state index contributed by atoms with van der Waals surface area (Å²) in [5.41, 5.74) is 0.343. The van der Waals surface area contributed by atoms with E-state index in [1.54, 1.807) is 5.38 Å². The zero-order valence-electron chi connectivity index (χ0n) is 10.8. The predicted molar refractivity (Wildman–Crippen MR) is 78.7 cm³/mol. The third kappa shape index (κ3) is 3.61. The Morgan fingerprint density at radius 3 is 2.86 bits per heavy atom. The van der Waals surface area contributed by atoms with Crippen molar-refractivity contribution in [3.05, 3.63) is 14.7 Å². The molecule has 0 aliphatic carbocycles. The van der Waals surface area contributed by atoms with Gasteiger partial charge in [0.1, 0.15) is 4.88 Å². The van der Waals surface area contributed by atoms with Crippen LogP contribution < -0.4 is 4.90 Å². The Bertz CT molecular complexity index is 687. The number of thiophene rings is 1. The molecule has 21 heavy (non-hydrogen) atoms. The highest BCUT2D eigenvalue weighted by atomic mass is 79.9. The summed E-state index contributed by atoms with van der Waals surface area (Å²) < 4.78 is 39.3. The quantitative estimate of drug-likeness (QED) is 0.570. The molecule has 0 bridgehead atoms. The Balaban J connectivity index is 2.29. The summed E-state index contributed by atoms with van der Waals surface area (Å²) in [4.78, 5) is 25.3. The van der Waals surface area contributed by atoms with Crippen LogP contribution in [0.3, 0.4) is 0 Å². The molecule has 0 aromatic carbocycles. The third-order valence-corrected chi connectivity index (χ3v) is 5.73. The Morgan fingerprint density at radius 1 is 1.62 bits per heavy atom. The van der Waals surface area contributed by atoms with E-state index >= 15 is 0 Å². The lowest BCUT2D eigenvalue weighted by atomic mass is 10.1. The van der Waals surface area contributed by atoms with Gasteiger partial charge in [0.05, 0.1) is 23.0 Å². The van der Waals surface area contributed by atoms with Crippen molar-refractivity contribution in [3.8, 4) is 0 Å². The summed E-state index contributed by atoms with van der Waals surface area (Å²) in [7, 11) is -3.42. The number of anilines is 1. The first-order valence-corrected chi connectivity index (χ1v) is 9.03. The number of esters is 1. The first kappa shape index (κ1) is 16.4. The molecule has 1 unspecified atom stereocenters. The normalized spacial score (nSPS) is 19.1. The van der Waals surface area contributed by atoms with E-state index in [1.165, 1.54) is 12.0 Å². The van der Waals surface area contributed by atoms with Crippen LogP contribution in [0.25, 0.3) is 0 Å². The van der Waals surface area contributed by atoms with Gasteiger partial charge in [0, 0.05) is 24.3 Å². The van der Waals surface area contributed by atoms with Gasteiger partial charge in [-0.3, -0.25) is 4.79 Å². The number of carbonyl (C=O) groups excluding carboxylic acids is 2. The van der Waals surface area contributed by atoms with Gasteiger partial charge >= 0.3 is 16.2 Å². The minimum absolute atomic E-state index is 0.0430. The van der Waals surface area contributed by atoms with Crippen LogP contribution >= 0.6 is 27.3 Å². The van der Waals surface area contributed by atoms with Crippen molar-refractivity contribution in [2.75, 3.05) is 24.3 Å². The molecule has 1 saturated heterocycles. The van der Waals surface area contributed by atoms with E-state index in [9.17, 15) is 21.9 Å². The second kappa shape index (κ2) is 6.01. The fraction of sp³-hybridized carbons (Fsp3) is 0.455. The fourth-order valence-corrected chi connectivity index (χ4v) is 4.67. The first-order valence-electron chi connectivity index (χ1n) is 5.81. The van der Waals surface area contributed by atoms with Gasteiger partial charge < -0.3 is 9.64 Å². The lowest BCUT2D eigenvalue weighted by Crippen LogP contribution is -2.27. The maximum atomic E-state index is 12.7. The monoisotopic (exact) mass is 399 g/mol. The molecule has 116 valence electrons. The number of carbonyl (C=O) groups is 2. The molecule has 6 nitrogen and oxygen atoms in total. The minimum atomic E-state index is -4.64. The largest absolute Gasteiger partial charge is 0.465 e. The number of halogens is 2. The molecular weight excluding hydrogens is 389 g/mol. The fourth-order valence-electron chi connectivity index (χ4n) is 2.21. The van der Waals surface area contributed by atoms with Crippen LogP contribution in [0.2, 0.25) is 0 Å². The van der Waals surface area contributed by atoms with Gasteiger partial charge in [-0.15, -0.1) is 15.2 Å². The Labute approximate surface area is 133 Å². The highest BCUT2D eigenvalue weighted by Gasteiger charge is 2.37. The van der Waals surface area contributed by atoms with Crippen molar-refractivity contribution in [2.24, 2.45) is 5.92 Å². The summed E-state index contributed by atoms with van der Waals surface area (Å²) in [5.74, 6) is -2.28. The second-order valence-corrected chi connectivity index (χ2v) is 7.68. The second-order valence-electron chi connectivity index (χ2n) is 4.53. The summed E-state index contributed by atoms with van der Waals surface area (Å²) in [6, 6.07) is 0. The molecule has 0 radical (unpaired) electrons. The number of rotatable bonds is 4. The number of hydrogen-bond acceptors (Lipinski definition) is 6. The molecule has 0 spiro atoms. The van der Waals surface area contributed by atoms with Gasteiger partial charge in [-0.25, -0.2) is 4.79 Å². The molecule has 0 saturated carbocycles. The van der Waals surface area contributed by atoms with Crippen molar-refractivity contribution < 1.29 is 26.6 Å². The molecule has 1 fully saturated rings. The molecule has 1 aromatic heterocycles. The van der Waals surface area contributed by atoms with Gasteiger partial charge in [-0.05, 0) is 15.9 Å². The standard InChI is InChI=1S/C11H11BrFNO5S2/c1-19-11(16)10-9(7(12)4-20-10)14-3-6(2-8(14)15)5-21(13,17)18/h4,6H,2-3,5H2,1H3. The third-order valence-electron chi connectivity index (χ3n) is 3.00. The van der Waals surface area contributed by atoms with Crippen LogP contribution in [0, 0.1) is 5.92 Å². The number of amides is 1. The van der Waals surface area contributed by atoms with Crippen molar-refractivity contribution in [2.45, 2.75) is 6.42 Å². The van der Waals surface area contributed by atoms with Gasteiger partial charge in [-0.2, -0.15) is 8.42 Å². The van der Waals surface area contributed by atoms with E-state index in [0.29, 0.717) is 10.2 Å². The van der Waals surface area contributed by atoms with Crippen molar-refractivity contribution in [1.82, 2.24) is 0 Å². The summed E-state index contributed by atoms with van der Waals surface area (Å²) in [6.07, 6.45) is -0.0773. The maximum Gasteiger partial charge on any atom is 0.350 e. The summed E-state index contributed by atoms with van der Waals surface area (Å²) >= 11 is 4.35. The number of hydrogen-bond donors (Lipinski definition) is 0. The average Bonchev–Trinajstić information content (AvgIpc) is 2.89. The zero-order valence-corrected chi connectivity index (χ0v) is 14.1. The van der Waals surface area contributed by atoms with Gasteiger partial charge in [0.2, 0.25) is 5.91 Å². The number of methoxy groups -OCH3 is 1. The van der Waals surface area contributed by atoms with Gasteiger partial charge in [0.15, 0.2) is 0 Å². The number of nitrogens with zero attached hydrogens (tertiary/aromatic N) is 1. The topological polar surface area (TPSA) is 80.8 Å². The van der Waals surface area contributed by atoms with E-state index in [4.69, 9.17) is 0 Å². The molecule has 1 atom stereocenters. The molecule has 0 N–H and O–H groups in total. The Morgan fingerprint density at radius 2 is 2.29 bits per heavy atom. The minimum Gasteiger partial charge on any atom is -0.465 e. The van der Waals surface area contributed by atoms with Crippen LogP contribution in [0.15, 0.2) is 9.85 Å². The average molecular weight is 400 g/mol. The van der Waals surface area contributed by atoms with E-state index in [2.05, 4.69) is 20.7 Å². The maximum absolute atomic E-state index is 12.7. The molecule has 1 aromatic rings. The highest BCUT2D eigenvalue weighted by molar-refractivity contribution is 9.10. The van der Waals surface area contributed by atoms with Crippen LogP contribution in [-0.4, -0.2) is 39.7 Å². The van der Waals surface area contributed by atoms with Crippen LogP contribution in [0.5, 0.6) is 0 Å². The van der Waals surface area contributed by atoms with E-state index < -0.39 is 27.9 Å². The SMILES string of the molecule is COC(=O)c1scc(Br)c1N1CC(CS(=O)(=O)F)CC1=O. The van der Waals surface area contributed by atoms with Crippen molar-refractivity contribution >= 4 is 55.1 Å². The van der Waals surface area contributed by atoms with Gasteiger partial charge in [0.25, 0.3) is 0 Å². The Kier molecular flexibility index (Phi) is 4.69.